The number of hydrogen-bond donors (Lipinski definition) is 1. The number of carbonyl (C=O) groups excluding carboxylic acids is 2. The van der Waals surface area contributed by atoms with Crippen LogP contribution in [0.2, 0.25) is 0 Å². The summed E-state index contributed by atoms with van der Waals surface area (Å²) in [5, 5.41) is 2.80. The zero-order valence-corrected chi connectivity index (χ0v) is 18.1. The highest BCUT2D eigenvalue weighted by molar-refractivity contribution is 8.15. The molecule has 1 atom stereocenters. The summed E-state index contributed by atoms with van der Waals surface area (Å²) in [6.07, 6.45) is 1.05. The number of thioether (sulfide) groups is 1. The van der Waals surface area contributed by atoms with Gasteiger partial charge in [-0.15, -0.1) is 0 Å². The maximum atomic E-state index is 12.8. The fourth-order valence-corrected chi connectivity index (χ4v) is 3.81. The Bertz CT molecular complexity index is 913. The van der Waals surface area contributed by atoms with E-state index in [1.165, 1.54) is 16.7 Å². The van der Waals surface area contributed by atoms with Gasteiger partial charge in [0, 0.05) is 19.2 Å². The minimum absolute atomic E-state index is 0.117. The molecule has 2 amide bonds. The lowest BCUT2D eigenvalue weighted by Crippen LogP contribution is -2.43. The monoisotopic (exact) mass is 427 g/mol. The Morgan fingerprint density at radius 1 is 1.17 bits per heavy atom. The van der Waals surface area contributed by atoms with E-state index in [4.69, 9.17) is 9.47 Å². The molecular formula is C22H25N3O4S. The topological polar surface area (TPSA) is 80.2 Å². The highest BCUT2D eigenvalue weighted by atomic mass is 32.2. The van der Waals surface area contributed by atoms with Crippen LogP contribution in [0.5, 0.6) is 11.5 Å². The molecule has 3 rings (SSSR count). The van der Waals surface area contributed by atoms with Crippen molar-refractivity contribution in [1.82, 2.24) is 4.90 Å². The molecule has 0 aromatic heterocycles. The van der Waals surface area contributed by atoms with Gasteiger partial charge in [0.15, 0.2) is 5.17 Å². The molecule has 1 N–H and O–H groups in total. The van der Waals surface area contributed by atoms with Crippen molar-refractivity contribution in [3.8, 4) is 11.5 Å². The lowest BCUT2D eigenvalue weighted by molar-refractivity contribution is -0.128. The third-order valence-corrected chi connectivity index (χ3v) is 5.69. The van der Waals surface area contributed by atoms with E-state index >= 15 is 0 Å². The van der Waals surface area contributed by atoms with Gasteiger partial charge in [0.05, 0.1) is 19.4 Å². The Labute approximate surface area is 180 Å². The number of benzene rings is 2. The third kappa shape index (κ3) is 5.54. The number of anilines is 1. The number of amides is 2. The van der Waals surface area contributed by atoms with Crippen LogP contribution in [0.4, 0.5) is 11.4 Å². The summed E-state index contributed by atoms with van der Waals surface area (Å²) in [6, 6.07) is 14.4. The quantitative estimate of drug-likeness (QED) is 0.720. The summed E-state index contributed by atoms with van der Waals surface area (Å²) >= 11 is 1.28. The van der Waals surface area contributed by atoms with Gasteiger partial charge in [0.2, 0.25) is 11.8 Å². The zero-order valence-electron chi connectivity index (χ0n) is 17.3. The van der Waals surface area contributed by atoms with Gasteiger partial charge in [-0.05, 0) is 55.0 Å². The second-order valence-electron chi connectivity index (χ2n) is 6.72. The largest absolute Gasteiger partial charge is 0.497 e. The molecule has 1 aliphatic rings. The van der Waals surface area contributed by atoms with E-state index in [0.29, 0.717) is 23.1 Å². The van der Waals surface area contributed by atoms with E-state index in [1.807, 2.05) is 19.1 Å². The number of carbonyl (C=O) groups is 2. The van der Waals surface area contributed by atoms with Crippen LogP contribution in [0.1, 0.15) is 19.8 Å². The molecule has 1 saturated heterocycles. The van der Waals surface area contributed by atoms with Crippen LogP contribution in [-0.4, -0.2) is 47.9 Å². The van der Waals surface area contributed by atoms with Crippen LogP contribution in [0.3, 0.4) is 0 Å². The molecule has 0 unspecified atom stereocenters. The molecule has 0 saturated carbocycles. The summed E-state index contributed by atoms with van der Waals surface area (Å²) in [7, 11) is 3.26. The number of amidine groups is 1. The van der Waals surface area contributed by atoms with Gasteiger partial charge >= 0.3 is 0 Å². The summed E-state index contributed by atoms with van der Waals surface area (Å²) in [4.78, 5) is 31.2. The minimum atomic E-state index is -0.554. The molecule has 0 aliphatic carbocycles. The van der Waals surface area contributed by atoms with Crippen molar-refractivity contribution >= 4 is 40.1 Å². The molecule has 0 spiro atoms. The van der Waals surface area contributed by atoms with Gasteiger partial charge < -0.3 is 14.8 Å². The first-order valence-electron chi connectivity index (χ1n) is 9.70. The zero-order chi connectivity index (χ0) is 21.5. The van der Waals surface area contributed by atoms with Crippen LogP contribution in [-0.2, 0) is 9.59 Å². The van der Waals surface area contributed by atoms with Crippen LogP contribution in [0, 0.1) is 0 Å². The number of nitrogens with one attached hydrogen (secondary N) is 1. The van der Waals surface area contributed by atoms with Crippen molar-refractivity contribution in [3.63, 3.8) is 0 Å². The highest BCUT2D eigenvalue weighted by Crippen LogP contribution is 2.29. The van der Waals surface area contributed by atoms with Gasteiger partial charge in [0.1, 0.15) is 16.7 Å². The average Bonchev–Trinajstić information content (AvgIpc) is 2.76. The smallest absolute Gasteiger partial charge is 0.238 e. The van der Waals surface area contributed by atoms with E-state index in [-0.39, 0.29) is 18.2 Å². The van der Waals surface area contributed by atoms with Gasteiger partial charge in [-0.1, -0.05) is 18.7 Å². The van der Waals surface area contributed by atoms with Gasteiger partial charge in [-0.2, -0.15) is 0 Å². The van der Waals surface area contributed by atoms with Crippen LogP contribution in [0.15, 0.2) is 53.5 Å². The van der Waals surface area contributed by atoms with Gasteiger partial charge in [-0.3, -0.25) is 14.5 Å². The molecule has 1 fully saturated rings. The number of hydrogen-bond acceptors (Lipinski definition) is 6. The normalized spacial score (nSPS) is 17.7. The van der Waals surface area contributed by atoms with E-state index in [0.717, 1.165) is 17.9 Å². The van der Waals surface area contributed by atoms with Crippen molar-refractivity contribution in [2.24, 2.45) is 4.99 Å². The van der Waals surface area contributed by atoms with E-state index in [9.17, 15) is 9.59 Å². The molecule has 7 nitrogen and oxygen atoms in total. The Morgan fingerprint density at radius 2 is 1.83 bits per heavy atom. The Kier molecular flexibility index (Phi) is 7.35. The molecule has 2 aromatic carbocycles. The fourth-order valence-electron chi connectivity index (χ4n) is 2.74. The molecule has 1 aliphatic heterocycles. The summed E-state index contributed by atoms with van der Waals surface area (Å²) in [6.45, 7) is 2.69. The Hall–Kier alpha value is -3.00. The second kappa shape index (κ2) is 10.2. The first-order valence-corrected chi connectivity index (χ1v) is 10.6. The first kappa shape index (κ1) is 21.7. The molecule has 0 radical (unpaired) electrons. The van der Waals surface area contributed by atoms with Crippen molar-refractivity contribution in [1.29, 1.82) is 0 Å². The SMILES string of the molecule is CCCOc1ccc(NC(=O)[C@H]2CC(=O)N(C)C(=Nc3ccc(OC)cc3)S2)cc1. The van der Waals surface area contributed by atoms with Gasteiger partial charge in [-0.25, -0.2) is 4.99 Å². The third-order valence-electron chi connectivity index (χ3n) is 4.45. The van der Waals surface area contributed by atoms with E-state index in [1.54, 1.807) is 50.6 Å². The molecule has 0 bridgehead atoms. The van der Waals surface area contributed by atoms with Gasteiger partial charge in [0.25, 0.3) is 0 Å². The molecular weight excluding hydrogens is 402 g/mol. The van der Waals surface area contributed by atoms with Crippen molar-refractivity contribution < 1.29 is 19.1 Å². The lowest BCUT2D eigenvalue weighted by atomic mass is 10.2. The van der Waals surface area contributed by atoms with E-state index in [2.05, 4.69) is 10.3 Å². The minimum Gasteiger partial charge on any atom is -0.497 e. The Morgan fingerprint density at radius 3 is 2.47 bits per heavy atom. The fraction of sp³-hybridized carbons (Fsp3) is 0.318. The number of methoxy groups -OCH3 is 1. The van der Waals surface area contributed by atoms with Crippen molar-refractivity contribution in [2.75, 3.05) is 26.1 Å². The molecule has 8 heteroatoms. The standard InChI is InChI=1S/C22H25N3O4S/c1-4-13-29-18-11-7-15(8-12-18)23-21(27)19-14-20(26)25(2)22(30-19)24-16-5-9-17(28-3)10-6-16/h5-12,19H,4,13-14H2,1-3H3,(H,23,27)/t19-/m1/s1. The number of ether oxygens (including phenoxy) is 2. The highest BCUT2D eigenvalue weighted by Gasteiger charge is 2.34. The summed E-state index contributed by atoms with van der Waals surface area (Å²) in [5.74, 6) is 1.10. The average molecular weight is 428 g/mol. The number of aliphatic imine (C=N–C) groups is 1. The predicted octanol–water partition coefficient (Wildman–Crippen LogP) is 4.07. The summed E-state index contributed by atoms with van der Waals surface area (Å²) < 4.78 is 10.7. The summed E-state index contributed by atoms with van der Waals surface area (Å²) in [5.41, 5.74) is 1.34. The van der Waals surface area contributed by atoms with Crippen LogP contribution in [0.25, 0.3) is 0 Å². The number of rotatable bonds is 7. The number of nitrogens with zero attached hydrogens (tertiary/aromatic N) is 2. The molecule has 158 valence electrons. The maximum absolute atomic E-state index is 12.8. The van der Waals surface area contributed by atoms with Crippen LogP contribution < -0.4 is 14.8 Å². The second-order valence-corrected chi connectivity index (χ2v) is 7.89. The first-order chi connectivity index (χ1) is 14.5. The molecule has 1 heterocycles. The van der Waals surface area contributed by atoms with Crippen molar-refractivity contribution in [2.45, 2.75) is 25.0 Å². The Balaban J connectivity index is 1.68. The lowest BCUT2D eigenvalue weighted by Gasteiger charge is -2.28. The van der Waals surface area contributed by atoms with E-state index < -0.39 is 5.25 Å². The predicted molar refractivity (Wildman–Crippen MR) is 120 cm³/mol. The van der Waals surface area contributed by atoms with Crippen molar-refractivity contribution in [3.05, 3.63) is 48.5 Å². The molecule has 2 aromatic rings. The molecule has 30 heavy (non-hydrogen) atoms. The van der Waals surface area contributed by atoms with Crippen LogP contribution >= 0.6 is 11.8 Å². The maximum Gasteiger partial charge on any atom is 0.238 e.